The van der Waals surface area contributed by atoms with Gasteiger partial charge in [0.1, 0.15) is 0 Å². The van der Waals surface area contributed by atoms with Crippen LogP contribution in [0.3, 0.4) is 0 Å². The Kier molecular flexibility index (Phi) is 10.4. The van der Waals surface area contributed by atoms with Gasteiger partial charge in [-0.1, -0.05) is 39.0 Å². The number of carbonyl (C=O) groups is 1. The Hall–Kier alpha value is -0.990. The summed E-state index contributed by atoms with van der Waals surface area (Å²) in [5.41, 5.74) is 0. The van der Waals surface area contributed by atoms with Crippen LogP contribution in [0.2, 0.25) is 0 Å². The average molecular weight is 213 g/mol. The monoisotopic (exact) mass is 213 g/mol. The zero-order valence-corrected chi connectivity index (χ0v) is 9.92. The third-order valence-electron chi connectivity index (χ3n) is 2.21. The molecule has 0 heterocycles. The number of ether oxygens (including phenoxy) is 1. The van der Waals surface area contributed by atoms with E-state index < -0.39 is 0 Å². The summed E-state index contributed by atoms with van der Waals surface area (Å²) in [5, 5.41) is 3.06. The summed E-state index contributed by atoms with van der Waals surface area (Å²) >= 11 is 0. The van der Waals surface area contributed by atoms with Gasteiger partial charge in [0.15, 0.2) is 0 Å². The highest BCUT2D eigenvalue weighted by atomic mass is 16.5. The second-order valence-electron chi connectivity index (χ2n) is 3.58. The zero-order chi connectivity index (χ0) is 11.4. The number of rotatable bonds is 9. The Labute approximate surface area is 92.9 Å². The Bertz CT molecular complexity index is 178. The summed E-state index contributed by atoms with van der Waals surface area (Å²) < 4.78 is 4.46. The fraction of sp³-hybridized carbons (Fsp3) is 0.750. The van der Waals surface area contributed by atoms with Gasteiger partial charge in [-0.05, 0) is 6.42 Å². The van der Waals surface area contributed by atoms with Crippen molar-refractivity contribution in [3.05, 3.63) is 12.3 Å². The minimum Gasteiger partial charge on any atom is -0.466 e. The molecule has 0 unspecified atom stereocenters. The fourth-order valence-corrected chi connectivity index (χ4v) is 1.29. The van der Waals surface area contributed by atoms with E-state index in [9.17, 15) is 4.79 Å². The highest BCUT2D eigenvalue weighted by molar-refractivity contribution is 5.81. The van der Waals surface area contributed by atoms with Gasteiger partial charge in [-0.15, -0.1) is 0 Å². The first kappa shape index (κ1) is 14.0. The van der Waals surface area contributed by atoms with Crippen LogP contribution in [0.5, 0.6) is 0 Å². The zero-order valence-electron chi connectivity index (χ0n) is 9.92. The molecular weight excluding hydrogens is 190 g/mol. The predicted octanol–water partition coefficient (Wildman–Crippen LogP) is 2.62. The Morgan fingerprint density at radius 1 is 1.20 bits per heavy atom. The lowest BCUT2D eigenvalue weighted by molar-refractivity contribution is -0.134. The van der Waals surface area contributed by atoms with Crippen LogP contribution in [-0.2, 0) is 9.53 Å². The smallest absolute Gasteiger partial charge is 0.331 e. The van der Waals surface area contributed by atoms with E-state index in [0.29, 0.717) is 0 Å². The molecule has 3 nitrogen and oxygen atoms in total. The van der Waals surface area contributed by atoms with Gasteiger partial charge in [0.2, 0.25) is 0 Å². The second-order valence-corrected chi connectivity index (χ2v) is 3.58. The highest BCUT2D eigenvalue weighted by Gasteiger charge is 1.90. The van der Waals surface area contributed by atoms with E-state index in [1.54, 1.807) is 6.20 Å². The van der Waals surface area contributed by atoms with Crippen LogP contribution in [0.25, 0.3) is 0 Å². The number of unbranched alkanes of at least 4 members (excludes halogenated alkanes) is 5. The highest BCUT2D eigenvalue weighted by Crippen LogP contribution is 2.03. The summed E-state index contributed by atoms with van der Waals surface area (Å²) in [7, 11) is 1.38. The maximum atomic E-state index is 10.7. The van der Waals surface area contributed by atoms with Gasteiger partial charge in [0.05, 0.1) is 7.11 Å². The second kappa shape index (κ2) is 11.1. The van der Waals surface area contributed by atoms with E-state index in [1.165, 1.54) is 45.3 Å². The molecule has 0 aliphatic carbocycles. The van der Waals surface area contributed by atoms with Gasteiger partial charge in [-0.3, -0.25) is 0 Å². The third kappa shape index (κ3) is 10.9. The minimum absolute atomic E-state index is 0.314. The molecule has 0 aromatic heterocycles. The lowest BCUT2D eigenvalue weighted by Gasteiger charge is -2.00. The molecule has 0 fully saturated rings. The maximum Gasteiger partial charge on any atom is 0.331 e. The van der Waals surface area contributed by atoms with E-state index in [4.69, 9.17) is 0 Å². The molecule has 0 aliphatic heterocycles. The van der Waals surface area contributed by atoms with Crippen molar-refractivity contribution in [1.29, 1.82) is 0 Å². The molecular formula is C12H23NO2. The number of hydrogen-bond acceptors (Lipinski definition) is 3. The minimum atomic E-state index is -0.314. The molecule has 0 saturated heterocycles. The molecule has 1 N–H and O–H groups in total. The van der Waals surface area contributed by atoms with Crippen LogP contribution in [0.1, 0.15) is 45.4 Å². The molecule has 0 spiro atoms. The molecule has 0 aromatic carbocycles. The van der Waals surface area contributed by atoms with Crippen LogP contribution in [-0.4, -0.2) is 19.6 Å². The largest absolute Gasteiger partial charge is 0.466 e. The molecule has 15 heavy (non-hydrogen) atoms. The normalized spacial score (nSPS) is 10.5. The van der Waals surface area contributed by atoms with Crippen molar-refractivity contribution in [1.82, 2.24) is 5.32 Å². The van der Waals surface area contributed by atoms with Crippen LogP contribution in [0.4, 0.5) is 0 Å². The van der Waals surface area contributed by atoms with Crippen LogP contribution >= 0.6 is 0 Å². The predicted molar refractivity (Wildman–Crippen MR) is 62.5 cm³/mol. The van der Waals surface area contributed by atoms with Crippen LogP contribution < -0.4 is 5.32 Å². The molecule has 0 rings (SSSR count). The third-order valence-corrected chi connectivity index (χ3v) is 2.21. The van der Waals surface area contributed by atoms with Gasteiger partial charge in [-0.2, -0.15) is 0 Å². The molecule has 0 aromatic rings. The molecule has 0 radical (unpaired) electrons. The van der Waals surface area contributed by atoms with Crippen molar-refractivity contribution in [3.63, 3.8) is 0 Å². The Morgan fingerprint density at radius 2 is 1.87 bits per heavy atom. The molecule has 0 aliphatic rings. The number of nitrogens with one attached hydrogen (secondary N) is 1. The summed E-state index contributed by atoms with van der Waals surface area (Å²) in [4.78, 5) is 10.7. The molecule has 3 heteroatoms. The van der Waals surface area contributed by atoms with Gasteiger partial charge >= 0.3 is 5.97 Å². The van der Waals surface area contributed by atoms with Gasteiger partial charge < -0.3 is 10.1 Å². The molecule has 0 bridgehead atoms. The number of hydrogen-bond donors (Lipinski definition) is 1. The number of carbonyl (C=O) groups excluding carboxylic acids is 1. The number of methoxy groups -OCH3 is 1. The summed E-state index contributed by atoms with van der Waals surface area (Å²) in [6, 6.07) is 0. The first-order valence-electron chi connectivity index (χ1n) is 5.79. The fourth-order valence-electron chi connectivity index (χ4n) is 1.29. The van der Waals surface area contributed by atoms with Crippen molar-refractivity contribution in [2.45, 2.75) is 45.4 Å². The molecule has 0 saturated carbocycles. The quantitative estimate of drug-likeness (QED) is 0.363. The Morgan fingerprint density at radius 3 is 2.53 bits per heavy atom. The number of esters is 1. The topological polar surface area (TPSA) is 38.3 Å². The Balaban J connectivity index is 3.11. The lowest BCUT2D eigenvalue weighted by Crippen LogP contribution is -2.08. The van der Waals surface area contributed by atoms with Crippen molar-refractivity contribution < 1.29 is 9.53 Å². The first-order valence-corrected chi connectivity index (χ1v) is 5.79. The van der Waals surface area contributed by atoms with E-state index in [-0.39, 0.29) is 5.97 Å². The van der Waals surface area contributed by atoms with Gasteiger partial charge in [0, 0.05) is 18.8 Å². The van der Waals surface area contributed by atoms with E-state index in [0.717, 1.165) is 13.0 Å². The van der Waals surface area contributed by atoms with Crippen molar-refractivity contribution >= 4 is 5.97 Å². The first-order chi connectivity index (χ1) is 7.31. The van der Waals surface area contributed by atoms with E-state index in [1.807, 2.05) is 0 Å². The molecule has 0 atom stereocenters. The van der Waals surface area contributed by atoms with Crippen LogP contribution in [0, 0.1) is 0 Å². The summed E-state index contributed by atoms with van der Waals surface area (Å²) in [5.74, 6) is -0.314. The summed E-state index contributed by atoms with van der Waals surface area (Å²) in [6.45, 7) is 3.15. The SMILES string of the molecule is CCCCCCCCN/C=C/C(=O)OC. The van der Waals surface area contributed by atoms with Gasteiger partial charge in [-0.25, -0.2) is 4.79 Å². The maximum absolute atomic E-state index is 10.7. The van der Waals surface area contributed by atoms with E-state index in [2.05, 4.69) is 17.0 Å². The molecule has 0 amide bonds. The van der Waals surface area contributed by atoms with Crippen LogP contribution in [0.15, 0.2) is 12.3 Å². The summed E-state index contributed by atoms with van der Waals surface area (Å²) in [6.07, 6.45) is 10.8. The molecule has 88 valence electrons. The van der Waals surface area contributed by atoms with Crippen molar-refractivity contribution in [2.24, 2.45) is 0 Å². The van der Waals surface area contributed by atoms with E-state index >= 15 is 0 Å². The standard InChI is InChI=1S/C12H23NO2/c1-3-4-5-6-7-8-10-13-11-9-12(14)15-2/h9,11,13H,3-8,10H2,1-2H3/b11-9+. The van der Waals surface area contributed by atoms with Crippen molar-refractivity contribution in [3.8, 4) is 0 Å². The lowest BCUT2D eigenvalue weighted by atomic mass is 10.1. The van der Waals surface area contributed by atoms with Gasteiger partial charge in [0.25, 0.3) is 0 Å². The average Bonchev–Trinajstić information content (AvgIpc) is 2.26. The van der Waals surface area contributed by atoms with Crippen molar-refractivity contribution in [2.75, 3.05) is 13.7 Å².